The molecule has 2 heterocycles. The molecule has 0 aromatic carbocycles. The van der Waals surface area contributed by atoms with Crippen molar-refractivity contribution in [1.82, 2.24) is 9.88 Å². The molecule has 0 N–H and O–H groups in total. The van der Waals surface area contributed by atoms with Crippen molar-refractivity contribution in [3.63, 3.8) is 0 Å². The molecule has 0 bridgehead atoms. The van der Waals surface area contributed by atoms with Gasteiger partial charge in [0.2, 0.25) is 5.95 Å². The van der Waals surface area contributed by atoms with Gasteiger partial charge in [-0.25, -0.2) is 4.98 Å². The van der Waals surface area contributed by atoms with Gasteiger partial charge >= 0.3 is 0 Å². The molecule has 1 saturated carbocycles. The molecule has 3 rings (SSSR count). The Bertz CT molecular complexity index is 606. The summed E-state index contributed by atoms with van der Waals surface area (Å²) < 4.78 is 19.1. The van der Waals surface area contributed by atoms with Crippen molar-refractivity contribution in [3.8, 4) is 0 Å². The summed E-state index contributed by atoms with van der Waals surface area (Å²) in [6.45, 7) is 0.366. The largest absolute Gasteiger partial charge is 0.467 e. The van der Waals surface area contributed by atoms with Crippen molar-refractivity contribution in [1.29, 1.82) is 0 Å². The molecule has 0 unspecified atom stereocenters. The number of halogens is 1. The maximum Gasteiger partial charge on any atom is 0.259 e. The van der Waals surface area contributed by atoms with Gasteiger partial charge in [-0.3, -0.25) is 4.79 Å². The van der Waals surface area contributed by atoms with Gasteiger partial charge in [-0.05, 0) is 37.1 Å². The lowest BCUT2D eigenvalue weighted by atomic mass is 10.1. The Labute approximate surface area is 122 Å². The van der Waals surface area contributed by atoms with Crippen LogP contribution in [0.4, 0.5) is 4.39 Å². The number of pyridine rings is 1. The van der Waals surface area contributed by atoms with Crippen molar-refractivity contribution in [2.24, 2.45) is 0 Å². The van der Waals surface area contributed by atoms with E-state index in [9.17, 15) is 9.18 Å². The number of aromatic nitrogens is 1. The average Bonchev–Trinajstić information content (AvgIpc) is 3.18. The lowest BCUT2D eigenvalue weighted by Crippen LogP contribution is -2.38. The summed E-state index contributed by atoms with van der Waals surface area (Å²) in [6.07, 6.45) is 7.03. The molecule has 0 spiro atoms. The van der Waals surface area contributed by atoms with E-state index in [2.05, 4.69) is 4.98 Å². The first-order chi connectivity index (χ1) is 10.3. The fourth-order valence-corrected chi connectivity index (χ4v) is 2.85. The highest BCUT2D eigenvalue weighted by Gasteiger charge is 2.29. The SMILES string of the molecule is O=C(c1cccnc1F)N(Cc1ccco1)C1CCCC1. The summed E-state index contributed by atoms with van der Waals surface area (Å²) >= 11 is 0. The molecule has 0 saturated heterocycles. The van der Waals surface area contributed by atoms with E-state index in [0.29, 0.717) is 12.3 Å². The fourth-order valence-electron chi connectivity index (χ4n) is 2.85. The van der Waals surface area contributed by atoms with E-state index in [1.165, 1.54) is 12.3 Å². The van der Waals surface area contributed by atoms with Gasteiger partial charge in [-0.15, -0.1) is 0 Å². The van der Waals surface area contributed by atoms with Crippen LogP contribution in [0, 0.1) is 5.95 Å². The molecule has 2 aromatic rings. The predicted molar refractivity (Wildman–Crippen MR) is 75.0 cm³/mol. The minimum atomic E-state index is -0.718. The molecule has 5 heteroatoms. The Morgan fingerprint density at radius 1 is 1.33 bits per heavy atom. The molecule has 21 heavy (non-hydrogen) atoms. The van der Waals surface area contributed by atoms with Gasteiger partial charge in [-0.2, -0.15) is 4.39 Å². The molecule has 110 valence electrons. The van der Waals surface area contributed by atoms with E-state index in [0.717, 1.165) is 25.7 Å². The van der Waals surface area contributed by atoms with E-state index in [-0.39, 0.29) is 17.5 Å². The second kappa shape index (κ2) is 6.08. The predicted octanol–water partition coefficient (Wildman–Crippen LogP) is 3.40. The molecule has 0 atom stereocenters. The lowest BCUT2D eigenvalue weighted by molar-refractivity contribution is 0.0643. The molecule has 0 aliphatic heterocycles. The summed E-state index contributed by atoms with van der Waals surface area (Å²) in [5.74, 6) is -0.326. The van der Waals surface area contributed by atoms with Gasteiger partial charge in [-0.1, -0.05) is 12.8 Å². The van der Waals surface area contributed by atoms with Crippen LogP contribution < -0.4 is 0 Å². The van der Waals surface area contributed by atoms with E-state index in [4.69, 9.17) is 4.42 Å². The number of carbonyl (C=O) groups excluding carboxylic acids is 1. The Kier molecular flexibility index (Phi) is 3.99. The topological polar surface area (TPSA) is 46.3 Å². The van der Waals surface area contributed by atoms with Crippen LogP contribution in [0.2, 0.25) is 0 Å². The molecular formula is C16H17FN2O2. The normalized spacial score (nSPS) is 15.3. The van der Waals surface area contributed by atoms with E-state index >= 15 is 0 Å². The summed E-state index contributed by atoms with van der Waals surface area (Å²) in [5, 5.41) is 0. The Balaban J connectivity index is 1.87. The highest BCUT2D eigenvalue weighted by Crippen LogP contribution is 2.27. The fraction of sp³-hybridized carbons (Fsp3) is 0.375. The number of rotatable bonds is 4. The second-order valence-electron chi connectivity index (χ2n) is 5.29. The van der Waals surface area contributed by atoms with E-state index in [1.807, 2.05) is 6.07 Å². The van der Waals surface area contributed by atoms with E-state index in [1.54, 1.807) is 23.3 Å². The van der Waals surface area contributed by atoms with Gasteiger partial charge in [0, 0.05) is 12.2 Å². The quantitative estimate of drug-likeness (QED) is 0.810. The average molecular weight is 288 g/mol. The lowest BCUT2D eigenvalue weighted by Gasteiger charge is -2.28. The highest BCUT2D eigenvalue weighted by atomic mass is 19.1. The van der Waals surface area contributed by atoms with Crippen LogP contribution in [-0.4, -0.2) is 21.8 Å². The number of hydrogen-bond acceptors (Lipinski definition) is 3. The zero-order valence-electron chi connectivity index (χ0n) is 11.7. The molecule has 1 amide bonds. The number of amides is 1. The molecule has 4 nitrogen and oxygen atoms in total. The van der Waals surface area contributed by atoms with Crippen LogP contribution in [0.3, 0.4) is 0 Å². The Morgan fingerprint density at radius 2 is 2.14 bits per heavy atom. The van der Waals surface area contributed by atoms with Gasteiger partial charge in [0.1, 0.15) is 5.76 Å². The summed E-state index contributed by atoms with van der Waals surface area (Å²) in [4.78, 5) is 18.0. The number of furan rings is 1. The van der Waals surface area contributed by atoms with Gasteiger partial charge in [0.25, 0.3) is 5.91 Å². The number of hydrogen-bond donors (Lipinski definition) is 0. The standard InChI is InChI=1S/C16H17FN2O2/c17-15-14(8-3-9-18-15)16(20)19(12-5-1-2-6-12)11-13-7-4-10-21-13/h3-4,7-10,12H,1-2,5-6,11H2. The van der Waals surface area contributed by atoms with Gasteiger partial charge in [0.15, 0.2) is 0 Å². The third kappa shape index (κ3) is 2.96. The smallest absolute Gasteiger partial charge is 0.259 e. The molecular weight excluding hydrogens is 271 g/mol. The maximum absolute atomic E-state index is 13.8. The van der Waals surface area contributed by atoms with Crippen LogP contribution in [0.15, 0.2) is 41.1 Å². The third-order valence-corrected chi connectivity index (χ3v) is 3.92. The Hall–Kier alpha value is -2.17. The van der Waals surface area contributed by atoms with Gasteiger partial charge < -0.3 is 9.32 Å². The van der Waals surface area contributed by atoms with Crippen LogP contribution >= 0.6 is 0 Å². The molecule has 2 aromatic heterocycles. The van der Waals surface area contributed by atoms with Crippen molar-refractivity contribution in [2.75, 3.05) is 0 Å². The van der Waals surface area contributed by atoms with Crippen molar-refractivity contribution in [2.45, 2.75) is 38.3 Å². The third-order valence-electron chi connectivity index (χ3n) is 3.92. The highest BCUT2D eigenvalue weighted by molar-refractivity contribution is 5.94. The first-order valence-corrected chi connectivity index (χ1v) is 7.19. The Morgan fingerprint density at radius 3 is 2.81 bits per heavy atom. The van der Waals surface area contributed by atoms with Crippen molar-refractivity contribution >= 4 is 5.91 Å². The monoisotopic (exact) mass is 288 g/mol. The van der Waals surface area contributed by atoms with Crippen LogP contribution in [0.5, 0.6) is 0 Å². The first kappa shape index (κ1) is 13.8. The van der Waals surface area contributed by atoms with Crippen molar-refractivity contribution < 1.29 is 13.6 Å². The summed E-state index contributed by atoms with van der Waals surface area (Å²) in [7, 11) is 0. The number of carbonyl (C=O) groups is 1. The molecule has 1 aliphatic rings. The molecule has 1 fully saturated rings. The zero-order chi connectivity index (χ0) is 14.7. The second-order valence-corrected chi connectivity index (χ2v) is 5.29. The van der Waals surface area contributed by atoms with E-state index < -0.39 is 5.95 Å². The molecule has 0 radical (unpaired) electrons. The zero-order valence-corrected chi connectivity index (χ0v) is 11.7. The maximum atomic E-state index is 13.8. The van der Waals surface area contributed by atoms with Crippen LogP contribution in [0.1, 0.15) is 41.8 Å². The minimum Gasteiger partial charge on any atom is -0.467 e. The minimum absolute atomic E-state index is 0.0240. The first-order valence-electron chi connectivity index (χ1n) is 7.19. The molecule has 1 aliphatic carbocycles. The summed E-state index contributed by atoms with van der Waals surface area (Å²) in [5.41, 5.74) is 0.0240. The van der Waals surface area contributed by atoms with Crippen LogP contribution in [0.25, 0.3) is 0 Å². The summed E-state index contributed by atoms with van der Waals surface area (Å²) in [6, 6.07) is 6.82. The van der Waals surface area contributed by atoms with Crippen LogP contribution in [-0.2, 0) is 6.54 Å². The van der Waals surface area contributed by atoms with Crippen molar-refractivity contribution in [3.05, 3.63) is 54.0 Å². The van der Waals surface area contributed by atoms with Gasteiger partial charge in [0.05, 0.1) is 18.4 Å². The number of nitrogens with zero attached hydrogens (tertiary/aromatic N) is 2.